The zero-order valence-corrected chi connectivity index (χ0v) is 10.9. The molecule has 1 amide bonds. The van der Waals surface area contributed by atoms with Crippen molar-refractivity contribution in [3.63, 3.8) is 0 Å². The van der Waals surface area contributed by atoms with Gasteiger partial charge >= 0.3 is 5.97 Å². The first-order valence-corrected chi connectivity index (χ1v) is 6.45. The molecule has 0 saturated carbocycles. The third-order valence-corrected chi connectivity index (χ3v) is 3.57. The van der Waals surface area contributed by atoms with Gasteiger partial charge in [0, 0.05) is 12.2 Å². The highest BCUT2D eigenvalue weighted by atomic mass is 16.4. The van der Waals surface area contributed by atoms with Crippen LogP contribution in [0.5, 0.6) is 0 Å². The monoisotopic (exact) mass is 262 g/mol. The lowest BCUT2D eigenvalue weighted by atomic mass is 9.89. The van der Waals surface area contributed by atoms with Crippen LogP contribution in [0.1, 0.15) is 31.2 Å². The van der Waals surface area contributed by atoms with Crippen molar-refractivity contribution in [2.24, 2.45) is 5.73 Å². The first kappa shape index (κ1) is 13.5. The molecule has 19 heavy (non-hydrogen) atoms. The van der Waals surface area contributed by atoms with Crippen molar-refractivity contribution >= 4 is 17.6 Å². The summed E-state index contributed by atoms with van der Waals surface area (Å²) in [5.74, 6) is -1.53. The standard InChI is InChI=1S/C14H18N2O3/c1-2-11(15)13(17)16-8-7-10(14(18)19)9-5-3-4-6-12(9)16/h3-6,10-11H,2,7-8,15H2,1H3,(H,18,19)/t10?,11-/m0/s1. The molecule has 1 aromatic carbocycles. The molecule has 5 nitrogen and oxygen atoms in total. The topological polar surface area (TPSA) is 83.6 Å². The van der Waals surface area contributed by atoms with Crippen LogP contribution in [0.2, 0.25) is 0 Å². The first-order valence-electron chi connectivity index (χ1n) is 6.45. The molecule has 0 radical (unpaired) electrons. The maximum Gasteiger partial charge on any atom is 0.311 e. The number of carbonyl (C=O) groups excluding carboxylic acids is 1. The molecule has 0 bridgehead atoms. The number of para-hydroxylation sites is 1. The minimum absolute atomic E-state index is 0.140. The second kappa shape index (κ2) is 5.40. The molecule has 5 heteroatoms. The fourth-order valence-electron chi connectivity index (χ4n) is 2.42. The maximum absolute atomic E-state index is 12.2. The SMILES string of the molecule is CC[C@H](N)C(=O)N1CCC(C(=O)O)c2ccccc21. The largest absolute Gasteiger partial charge is 0.481 e. The summed E-state index contributed by atoms with van der Waals surface area (Å²) in [6.07, 6.45) is 0.994. The van der Waals surface area contributed by atoms with Crippen LogP contribution in [0.25, 0.3) is 0 Å². The summed E-state index contributed by atoms with van der Waals surface area (Å²) in [6, 6.07) is 6.62. The number of carboxylic acids is 1. The Balaban J connectivity index is 2.38. The molecular formula is C14H18N2O3. The van der Waals surface area contributed by atoms with Crippen molar-refractivity contribution in [3.05, 3.63) is 29.8 Å². The molecule has 0 fully saturated rings. The molecule has 102 valence electrons. The van der Waals surface area contributed by atoms with Crippen LogP contribution in [0.4, 0.5) is 5.69 Å². The van der Waals surface area contributed by atoms with Gasteiger partial charge in [-0.1, -0.05) is 25.1 Å². The second-order valence-electron chi connectivity index (χ2n) is 4.74. The lowest BCUT2D eigenvalue weighted by Crippen LogP contribution is -2.46. The summed E-state index contributed by atoms with van der Waals surface area (Å²) in [6.45, 7) is 2.26. The van der Waals surface area contributed by atoms with Crippen molar-refractivity contribution in [1.29, 1.82) is 0 Å². The molecule has 2 rings (SSSR count). The van der Waals surface area contributed by atoms with E-state index >= 15 is 0 Å². The van der Waals surface area contributed by atoms with Crippen molar-refractivity contribution in [2.75, 3.05) is 11.4 Å². The van der Waals surface area contributed by atoms with Gasteiger partial charge in [0.25, 0.3) is 0 Å². The van der Waals surface area contributed by atoms with Crippen molar-refractivity contribution in [2.45, 2.75) is 31.7 Å². The molecule has 1 aliphatic heterocycles. The summed E-state index contributed by atoms with van der Waals surface area (Å²) in [4.78, 5) is 25.1. The predicted molar refractivity (Wildman–Crippen MR) is 72.1 cm³/mol. The van der Waals surface area contributed by atoms with E-state index in [1.165, 1.54) is 0 Å². The fourth-order valence-corrected chi connectivity index (χ4v) is 2.42. The van der Waals surface area contributed by atoms with Crippen LogP contribution < -0.4 is 10.6 Å². The molecule has 1 unspecified atom stereocenters. The van der Waals surface area contributed by atoms with Gasteiger partial charge in [-0.2, -0.15) is 0 Å². The maximum atomic E-state index is 12.2. The Hall–Kier alpha value is -1.88. The van der Waals surface area contributed by atoms with Crippen LogP contribution in [-0.4, -0.2) is 29.6 Å². The molecule has 0 aliphatic carbocycles. The zero-order chi connectivity index (χ0) is 14.0. The fraction of sp³-hybridized carbons (Fsp3) is 0.429. The molecular weight excluding hydrogens is 244 g/mol. The molecule has 0 spiro atoms. The minimum atomic E-state index is -0.848. The highest BCUT2D eigenvalue weighted by molar-refractivity contribution is 5.99. The molecule has 1 aliphatic rings. The third-order valence-electron chi connectivity index (χ3n) is 3.57. The molecule has 2 atom stereocenters. The Morgan fingerprint density at radius 2 is 2.16 bits per heavy atom. The van der Waals surface area contributed by atoms with E-state index in [0.29, 0.717) is 30.6 Å². The normalized spacial score (nSPS) is 19.7. The Morgan fingerprint density at radius 1 is 1.47 bits per heavy atom. The van der Waals surface area contributed by atoms with E-state index in [2.05, 4.69) is 0 Å². The van der Waals surface area contributed by atoms with E-state index in [0.717, 1.165) is 0 Å². The number of nitrogens with two attached hydrogens (primary N) is 1. The number of benzene rings is 1. The highest BCUT2D eigenvalue weighted by Crippen LogP contribution is 2.35. The Kier molecular flexibility index (Phi) is 3.85. The Morgan fingerprint density at radius 3 is 2.79 bits per heavy atom. The van der Waals surface area contributed by atoms with Gasteiger partial charge in [-0.3, -0.25) is 9.59 Å². The third kappa shape index (κ3) is 2.46. The summed E-state index contributed by atoms with van der Waals surface area (Å²) in [5, 5.41) is 9.24. The van der Waals surface area contributed by atoms with Crippen LogP contribution in [0.3, 0.4) is 0 Å². The quantitative estimate of drug-likeness (QED) is 0.860. The number of aliphatic carboxylic acids is 1. The number of nitrogens with zero attached hydrogens (tertiary/aromatic N) is 1. The van der Waals surface area contributed by atoms with E-state index in [4.69, 9.17) is 5.73 Å². The Bertz CT molecular complexity index is 501. The van der Waals surface area contributed by atoms with Gasteiger partial charge in [0.2, 0.25) is 5.91 Å². The van der Waals surface area contributed by atoms with Gasteiger partial charge in [-0.15, -0.1) is 0 Å². The minimum Gasteiger partial charge on any atom is -0.481 e. The summed E-state index contributed by atoms with van der Waals surface area (Å²) >= 11 is 0. The van der Waals surface area contributed by atoms with E-state index in [1.807, 2.05) is 6.92 Å². The van der Waals surface area contributed by atoms with Crippen LogP contribution in [-0.2, 0) is 9.59 Å². The van der Waals surface area contributed by atoms with Gasteiger partial charge in [-0.05, 0) is 24.5 Å². The molecule has 0 aromatic heterocycles. The number of rotatable bonds is 3. The van der Waals surface area contributed by atoms with Gasteiger partial charge in [0.15, 0.2) is 0 Å². The van der Waals surface area contributed by atoms with Crippen molar-refractivity contribution in [1.82, 2.24) is 0 Å². The highest BCUT2D eigenvalue weighted by Gasteiger charge is 2.33. The summed E-state index contributed by atoms with van der Waals surface area (Å²) in [7, 11) is 0. The van der Waals surface area contributed by atoms with Gasteiger partial charge in [-0.25, -0.2) is 0 Å². The lowest BCUT2D eigenvalue weighted by molar-refractivity contribution is -0.139. The number of hydrogen-bond acceptors (Lipinski definition) is 3. The van der Waals surface area contributed by atoms with E-state index in [1.54, 1.807) is 29.2 Å². The number of amides is 1. The smallest absolute Gasteiger partial charge is 0.311 e. The number of anilines is 1. The van der Waals surface area contributed by atoms with Gasteiger partial charge in [0.05, 0.1) is 12.0 Å². The average Bonchev–Trinajstić information content (AvgIpc) is 2.44. The lowest BCUT2D eigenvalue weighted by Gasteiger charge is -2.34. The van der Waals surface area contributed by atoms with Crippen molar-refractivity contribution in [3.8, 4) is 0 Å². The summed E-state index contributed by atoms with van der Waals surface area (Å²) < 4.78 is 0. The van der Waals surface area contributed by atoms with Crippen LogP contribution in [0, 0.1) is 0 Å². The number of fused-ring (bicyclic) bond motifs is 1. The number of carboxylic acid groups (broad SMARTS) is 1. The molecule has 3 N–H and O–H groups in total. The van der Waals surface area contributed by atoms with Crippen LogP contribution >= 0.6 is 0 Å². The first-order chi connectivity index (χ1) is 9.06. The van der Waals surface area contributed by atoms with E-state index in [-0.39, 0.29) is 5.91 Å². The molecule has 0 saturated heterocycles. The van der Waals surface area contributed by atoms with Crippen molar-refractivity contribution < 1.29 is 14.7 Å². The zero-order valence-electron chi connectivity index (χ0n) is 10.9. The second-order valence-corrected chi connectivity index (χ2v) is 4.74. The van der Waals surface area contributed by atoms with Crippen LogP contribution in [0.15, 0.2) is 24.3 Å². The molecule has 1 aromatic rings. The summed E-state index contributed by atoms with van der Waals surface area (Å²) in [5.41, 5.74) is 7.16. The Labute approximate surface area is 112 Å². The van der Waals surface area contributed by atoms with E-state index in [9.17, 15) is 14.7 Å². The average molecular weight is 262 g/mol. The molecule has 1 heterocycles. The van der Waals surface area contributed by atoms with Gasteiger partial charge < -0.3 is 15.7 Å². The van der Waals surface area contributed by atoms with E-state index < -0.39 is 17.9 Å². The van der Waals surface area contributed by atoms with Gasteiger partial charge in [0.1, 0.15) is 0 Å². The number of hydrogen-bond donors (Lipinski definition) is 2. The number of carbonyl (C=O) groups is 2. The predicted octanol–water partition coefficient (Wildman–Crippen LogP) is 1.33.